The number of carbonyl (C=O) groups excluding carboxylic acids is 2. The van der Waals surface area contributed by atoms with Crippen LogP contribution in [0.2, 0.25) is 10.0 Å². The van der Waals surface area contributed by atoms with Gasteiger partial charge in [0.25, 0.3) is 5.91 Å². The van der Waals surface area contributed by atoms with Gasteiger partial charge in [-0.2, -0.15) is 0 Å². The fourth-order valence-corrected chi connectivity index (χ4v) is 5.50. The number of Topliss-reactive ketones (excluding diaryl/α,β-unsaturated/α-hetero) is 1. The van der Waals surface area contributed by atoms with Crippen molar-refractivity contribution in [2.45, 2.75) is 13.3 Å². The zero-order valence-corrected chi connectivity index (χ0v) is 22.3. The Kier molecular flexibility index (Phi) is 8.53. The van der Waals surface area contributed by atoms with E-state index in [9.17, 15) is 14.7 Å². The number of nitrogens with zero attached hydrogens (tertiary/aromatic N) is 2. The molecule has 0 bridgehead atoms. The molecule has 1 aromatic carbocycles. The first-order chi connectivity index (χ1) is 17.3. The van der Waals surface area contributed by atoms with Gasteiger partial charge < -0.3 is 10.4 Å². The van der Waals surface area contributed by atoms with E-state index < -0.39 is 0 Å². The molecular weight excluding hydrogens is 537 g/mol. The van der Waals surface area contributed by atoms with Crippen molar-refractivity contribution in [2.24, 2.45) is 4.99 Å². The van der Waals surface area contributed by atoms with E-state index in [-0.39, 0.29) is 24.0 Å². The van der Waals surface area contributed by atoms with E-state index in [2.05, 4.69) is 15.3 Å². The molecule has 3 aromatic heterocycles. The Labute approximate surface area is 226 Å². The number of hydrogen-bond acceptors (Lipinski definition) is 7. The molecule has 0 atom stereocenters. The van der Waals surface area contributed by atoms with Crippen LogP contribution in [-0.4, -0.2) is 40.6 Å². The molecule has 0 saturated carbocycles. The van der Waals surface area contributed by atoms with Crippen LogP contribution in [0.5, 0.6) is 5.75 Å². The Balaban J connectivity index is 1.36. The molecule has 0 radical (unpaired) electrons. The van der Waals surface area contributed by atoms with Crippen LogP contribution in [0.4, 0.5) is 0 Å². The van der Waals surface area contributed by atoms with Crippen molar-refractivity contribution in [3.05, 3.63) is 91.2 Å². The van der Waals surface area contributed by atoms with Crippen LogP contribution in [0.1, 0.15) is 37.5 Å². The summed E-state index contributed by atoms with van der Waals surface area (Å²) >= 11 is 14.6. The summed E-state index contributed by atoms with van der Waals surface area (Å²) in [6.07, 6.45) is 2.34. The Morgan fingerprint density at radius 1 is 1.08 bits per heavy atom. The second-order valence-corrected chi connectivity index (χ2v) is 10.5. The van der Waals surface area contributed by atoms with Gasteiger partial charge in [0.2, 0.25) is 0 Å². The molecular formula is C26H21Cl2N3O3S2. The highest BCUT2D eigenvalue weighted by Crippen LogP contribution is 2.40. The number of aromatic nitrogens is 1. The van der Waals surface area contributed by atoms with E-state index in [1.165, 1.54) is 11.3 Å². The molecule has 36 heavy (non-hydrogen) atoms. The predicted octanol–water partition coefficient (Wildman–Crippen LogP) is 6.55. The number of benzene rings is 1. The first-order valence-corrected chi connectivity index (χ1v) is 13.4. The first-order valence-electron chi connectivity index (χ1n) is 10.9. The van der Waals surface area contributed by atoms with E-state index >= 15 is 0 Å². The zero-order chi connectivity index (χ0) is 25.7. The van der Waals surface area contributed by atoms with Gasteiger partial charge >= 0.3 is 0 Å². The summed E-state index contributed by atoms with van der Waals surface area (Å²) < 4.78 is 0. The average molecular weight is 559 g/mol. The summed E-state index contributed by atoms with van der Waals surface area (Å²) in [4.78, 5) is 35.2. The lowest BCUT2D eigenvalue weighted by molar-refractivity contribution is 0.0957. The summed E-state index contributed by atoms with van der Waals surface area (Å²) in [6, 6.07) is 14.1. The second kappa shape index (κ2) is 11.8. The fourth-order valence-electron chi connectivity index (χ4n) is 3.35. The third-order valence-corrected chi connectivity index (χ3v) is 8.18. The molecule has 0 unspecified atom stereocenters. The molecule has 6 nitrogen and oxygen atoms in total. The van der Waals surface area contributed by atoms with Crippen molar-refractivity contribution >= 4 is 63.3 Å². The number of aromatic hydroxyl groups is 1. The molecule has 0 spiro atoms. The SMILES string of the molecule is CC(=NCC(=O)c1ccc(C(=O)NCCc2ccccn2)s1)c1csc(-c2ccc(Cl)c(Cl)c2)c1O. The number of hydrogen-bond donors (Lipinski definition) is 2. The molecule has 184 valence electrons. The van der Waals surface area contributed by atoms with Gasteiger partial charge in [0, 0.05) is 41.5 Å². The van der Waals surface area contributed by atoms with Crippen molar-refractivity contribution < 1.29 is 14.7 Å². The lowest BCUT2D eigenvalue weighted by Gasteiger charge is -2.04. The molecule has 4 rings (SSSR count). The number of pyridine rings is 1. The molecule has 3 heterocycles. The van der Waals surface area contributed by atoms with Gasteiger partial charge in [-0.15, -0.1) is 22.7 Å². The molecule has 0 aliphatic rings. The van der Waals surface area contributed by atoms with Gasteiger partial charge in [0.15, 0.2) is 5.78 Å². The maximum atomic E-state index is 12.7. The number of halogens is 2. The molecule has 10 heteroatoms. The summed E-state index contributed by atoms with van der Waals surface area (Å²) in [7, 11) is 0. The lowest BCUT2D eigenvalue weighted by Crippen LogP contribution is -2.25. The van der Waals surface area contributed by atoms with Crippen LogP contribution >= 0.6 is 45.9 Å². The van der Waals surface area contributed by atoms with Gasteiger partial charge in [-0.05, 0) is 48.9 Å². The quantitative estimate of drug-likeness (QED) is 0.180. The van der Waals surface area contributed by atoms with Crippen LogP contribution in [0.15, 0.2) is 65.1 Å². The van der Waals surface area contributed by atoms with Gasteiger partial charge in [0.1, 0.15) is 12.3 Å². The van der Waals surface area contributed by atoms with Crippen molar-refractivity contribution in [1.29, 1.82) is 0 Å². The molecule has 0 saturated heterocycles. The smallest absolute Gasteiger partial charge is 0.261 e. The molecule has 0 aliphatic carbocycles. The number of aliphatic imine (C=N–C) groups is 1. The second-order valence-electron chi connectivity index (χ2n) is 7.77. The zero-order valence-electron chi connectivity index (χ0n) is 19.1. The minimum absolute atomic E-state index is 0.0767. The molecule has 1 amide bonds. The number of thiophene rings is 2. The van der Waals surface area contributed by atoms with E-state index in [0.717, 1.165) is 22.6 Å². The van der Waals surface area contributed by atoms with Gasteiger partial charge in [-0.25, -0.2) is 0 Å². The molecule has 0 aliphatic heterocycles. The minimum atomic E-state index is -0.229. The van der Waals surface area contributed by atoms with E-state index in [0.29, 0.717) is 48.9 Å². The van der Waals surface area contributed by atoms with Gasteiger partial charge in [-0.1, -0.05) is 35.3 Å². The minimum Gasteiger partial charge on any atom is -0.506 e. The van der Waals surface area contributed by atoms with Crippen LogP contribution in [0, 0.1) is 0 Å². The Morgan fingerprint density at radius 2 is 1.89 bits per heavy atom. The fraction of sp³-hybridized carbons (Fsp3) is 0.154. The monoisotopic (exact) mass is 557 g/mol. The first kappa shape index (κ1) is 26.0. The van der Waals surface area contributed by atoms with Crippen LogP contribution in [-0.2, 0) is 6.42 Å². The molecule has 0 fully saturated rings. The van der Waals surface area contributed by atoms with Crippen LogP contribution in [0.3, 0.4) is 0 Å². The van der Waals surface area contributed by atoms with Crippen molar-refractivity contribution in [2.75, 3.05) is 13.1 Å². The van der Waals surface area contributed by atoms with Crippen molar-refractivity contribution in [3.63, 3.8) is 0 Å². The normalized spacial score (nSPS) is 11.5. The highest BCUT2D eigenvalue weighted by atomic mass is 35.5. The number of amides is 1. The summed E-state index contributed by atoms with van der Waals surface area (Å²) in [5.41, 5.74) is 2.72. The van der Waals surface area contributed by atoms with Gasteiger partial charge in [0.05, 0.1) is 24.7 Å². The summed E-state index contributed by atoms with van der Waals surface area (Å²) in [5, 5.41) is 16.2. The number of nitrogens with one attached hydrogen (secondary N) is 1. The third kappa shape index (κ3) is 6.20. The highest BCUT2D eigenvalue weighted by Gasteiger charge is 2.17. The average Bonchev–Trinajstić information content (AvgIpc) is 3.52. The maximum Gasteiger partial charge on any atom is 0.261 e. The molecule has 2 N–H and O–H groups in total. The summed E-state index contributed by atoms with van der Waals surface area (Å²) in [5.74, 6) is -0.355. The summed E-state index contributed by atoms with van der Waals surface area (Å²) in [6.45, 7) is 2.10. The largest absolute Gasteiger partial charge is 0.506 e. The van der Waals surface area contributed by atoms with E-state index in [4.69, 9.17) is 23.2 Å². The van der Waals surface area contributed by atoms with Crippen molar-refractivity contribution in [1.82, 2.24) is 10.3 Å². The van der Waals surface area contributed by atoms with Crippen LogP contribution < -0.4 is 5.32 Å². The third-order valence-electron chi connectivity index (χ3n) is 5.29. The number of ketones is 1. The number of carbonyl (C=O) groups is 2. The Morgan fingerprint density at radius 3 is 2.64 bits per heavy atom. The molecule has 4 aromatic rings. The van der Waals surface area contributed by atoms with E-state index in [1.807, 2.05) is 18.2 Å². The standard InChI is InChI=1S/C26H21Cl2N3O3S2/c1-15(18-14-35-25(24(18)33)16-5-6-19(27)20(28)12-16)31-13-21(32)22-7-8-23(36-22)26(34)30-11-9-17-4-2-3-10-29-17/h2-8,10,12,14,33H,9,11,13H2,1H3,(H,30,34). The van der Waals surface area contributed by atoms with Crippen LogP contribution in [0.25, 0.3) is 10.4 Å². The van der Waals surface area contributed by atoms with Gasteiger partial charge in [-0.3, -0.25) is 19.6 Å². The van der Waals surface area contributed by atoms with Crippen molar-refractivity contribution in [3.8, 4) is 16.2 Å². The highest BCUT2D eigenvalue weighted by molar-refractivity contribution is 7.16. The number of rotatable bonds is 9. The Hall–Kier alpha value is -3.04. The lowest BCUT2D eigenvalue weighted by atomic mass is 10.1. The topological polar surface area (TPSA) is 91.7 Å². The van der Waals surface area contributed by atoms with E-state index in [1.54, 1.807) is 48.8 Å². The predicted molar refractivity (Wildman–Crippen MR) is 147 cm³/mol. The Bertz CT molecular complexity index is 1430. The maximum absolute atomic E-state index is 12.7.